The van der Waals surface area contributed by atoms with E-state index in [2.05, 4.69) is 10.3 Å². The van der Waals surface area contributed by atoms with Crippen molar-refractivity contribution >= 4 is 17.4 Å². The van der Waals surface area contributed by atoms with Crippen molar-refractivity contribution in [1.82, 2.24) is 15.2 Å². The van der Waals surface area contributed by atoms with Crippen LogP contribution >= 0.6 is 11.3 Å². The topological polar surface area (TPSA) is 65.5 Å². The van der Waals surface area contributed by atoms with E-state index in [0.29, 0.717) is 11.6 Å². The highest BCUT2D eigenvalue weighted by molar-refractivity contribution is 7.09. The minimum absolute atomic E-state index is 0.0746. The van der Waals surface area contributed by atoms with E-state index in [-0.39, 0.29) is 31.6 Å². The Hall–Kier alpha value is -1.35. The third kappa shape index (κ3) is 4.07. The number of aliphatic hydroxyl groups excluding tert-OH is 1. The number of halogens is 3. The predicted molar refractivity (Wildman–Crippen MR) is 71.0 cm³/mol. The number of aromatic nitrogens is 1. The molecular formula is C12H16F3N3O2S. The summed E-state index contributed by atoms with van der Waals surface area (Å²) in [6.07, 6.45) is -2.56. The van der Waals surface area contributed by atoms with Crippen LogP contribution in [0.4, 0.5) is 18.0 Å². The molecule has 0 unspecified atom stereocenters. The van der Waals surface area contributed by atoms with Gasteiger partial charge in [0.1, 0.15) is 0 Å². The molecule has 21 heavy (non-hydrogen) atoms. The molecule has 2 heterocycles. The Morgan fingerprint density at radius 2 is 2.33 bits per heavy atom. The number of carbonyl (C=O) groups is 1. The van der Waals surface area contributed by atoms with Crippen LogP contribution in [-0.2, 0) is 12.6 Å². The normalized spacial score (nSPS) is 19.0. The molecule has 1 aromatic rings. The second-order valence-corrected chi connectivity index (χ2v) is 5.72. The minimum Gasteiger partial charge on any atom is -0.394 e. The van der Waals surface area contributed by atoms with Crippen LogP contribution in [0.1, 0.15) is 23.5 Å². The summed E-state index contributed by atoms with van der Waals surface area (Å²) in [6.45, 7) is 0.736. The summed E-state index contributed by atoms with van der Waals surface area (Å²) >= 11 is 0.929. The SMILES string of the molecule is O=C(NCCc1nc(C(F)(F)F)cs1)N1CCC[C@H]1CO. The van der Waals surface area contributed by atoms with Crippen LogP contribution < -0.4 is 5.32 Å². The number of hydrogen-bond acceptors (Lipinski definition) is 4. The third-order valence-corrected chi connectivity index (χ3v) is 4.21. The maximum absolute atomic E-state index is 12.4. The van der Waals surface area contributed by atoms with E-state index >= 15 is 0 Å². The van der Waals surface area contributed by atoms with Crippen LogP contribution in [0.15, 0.2) is 5.38 Å². The van der Waals surface area contributed by atoms with Gasteiger partial charge in [0.2, 0.25) is 0 Å². The van der Waals surface area contributed by atoms with Gasteiger partial charge in [-0.3, -0.25) is 0 Å². The first-order valence-electron chi connectivity index (χ1n) is 6.58. The summed E-state index contributed by atoms with van der Waals surface area (Å²) in [6, 6.07) is -0.458. The van der Waals surface area contributed by atoms with Gasteiger partial charge in [-0.15, -0.1) is 11.3 Å². The van der Waals surface area contributed by atoms with E-state index in [1.807, 2.05) is 0 Å². The molecule has 0 radical (unpaired) electrons. The van der Waals surface area contributed by atoms with Crippen molar-refractivity contribution in [2.45, 2.75) is 31.5 Å². The van der Waals surface area contributed by atoms with Gasteiger partial charge in [-0.1, -0.05) is 0 Å². The summed E-state index contributed by atoms with van der Waals surface area (Å²) in [5.41, 5.74) is -0.895. The molecule has 0 spiro atoms. The number of carbonyl (C=O) groups excluding carboxylic acids is 1. The van der Waals surface area contributed by atoms with E-state index in [4.69, 9.17) is 5.11 Å². The highest BCUT2D eigenvalue weighted by Gasteiger charge is 2.33. The second kappa shape index (κ2) is 6.61. The molecule has 0 aliphatic carbocycles. The average molecular weight is 323 g/mol. The number of aliphatic hydroxyl groups is 1. The number of likely N-dealkylation sites (tertiary alicyclic amines) is 1. The highest BCUT2D eigenvalue weighted by atomic mass is 32.1. The lowest BCUT2D eigenvalue weighted by atomic mass is 10.2. The lowest BCUT2D eigenvalue weighted by molar-refractivity contribution is -0.140. The maximum Gasteiger partial charge on any atom is 0.434 e. The zero-order chi connectivity index (χ0) is 15.5. The molecule has 1 aliphatic rings. The molecule has 0 saturated carbocycles. The molecule has 1 aliphatic heterocycles. The summed E-state index contributed by atoms with van der Waals surface area (Å²) in [5, 5.41) is 13.1. The molecule has 0 bridgehead atoms. The fourth-order valence-corrected chi connectivity index (χ4v) is 3.03. The fourth-order valence-electron chi connectivity index (χ4n) is 2.23. The smallest absolute Gasteiger partial charge is 0.394 e. The molecule has 1 aromatic heterocycles. The first kappa shape index (κ1) is 16.0. The zero-order valence-corrected chi connectivity index (χ0v) is 12.0. The molecule has 1 atom stereocenters. The van der Waals surface area contributed by atoms with Crippen molar-refractivity contribution in [1.29, 1.82) is 0 Å². The number of urea groups is 1. The van der Waals surface area contributed by atoms with Crippen molar-refractivity contribution in [3.63, 3.8) is 0 Å². The van der Waals surface area contributed by atoms with Crippen LogP contribution in [0.5, 0.6) is 0 Å². The number of nitrogens with one attached hydrogen (secondary N) is 1. The average Bonchev–Trinajstić information content (AvgIpc) is 3.06. The molecule has 0 aromatic carbocycles. The lowest BCUT2D eigenvalue weighted by Gasteiger charge is -2.23. The van der Waals surface area contributed by atoms with Gasteiger partial charge in [0.15, 0.2) is 5.69 Å². The maximum atomic E-state index is 12.4. The first-order valence-corrected chi connectivity index (χ1v) is 7.46. The quantitative estimate of drug-likeness (QED) is 0.889. The third-order valence-electron chi connectivity index (χ3n) is 3.31. The Labute approximate surface area is 123 Å². The summed E-state index contributed by atoms with van der Waals surface area (Å²) < 4.78 is 37.1. The van der Waals surface area contributed by atoms with Crippen LogP contribution in [-0.4, -0.2) is 46.8 Å². The number of hydrogen-bond donors (Lipinski definition) is 2. The van der Waals surface area contributed by atoms with Gasteiger partial charge in [0, 0.05) is 24.9 Å². The van der Waals surface area contributed by atoms with Crippen LogP contribution in [0.2, 0.25) is 0 Å². The zero-order valence-electron chi connectivity index (χ0n) is 11.2. The first-order chi connectivity index (χ1) is 9.91. The molecule has 1 saturated heterocycles. The molecule has 118 valence electrons. The predicted octanol–water partition coefficient (Wildman–Crippen LogP) is 1.87. The van der Waals surface area contributed by atoms with Gasteiger partial charge in [-0.2, -0.15) is 13.2 Å². The van der Waals surface area contributed by atoms with Crippen LogP contribution in [0, 0.1) is 0 Å². The number of thiazole rings is 1. The summed E-state index contributed by atoms with van der Waals surface area (Å²) in [4.78, 5) is 16.9. The van der Waals surface area contributed by atoms with Crippen LogP contribution in [0.25, 0.3) is 0 Å². The monoisotopic (exact) mass is 323 g/mol. The molecule has 1 fully saturated rings. The van der Waals surface area contributed by atoms with Gasteiger partial charge in [0.05, 0.1) is 17.7 Å². The van der Waals surface area contributed by atoms with Crippen molar-refractivity contribution < 1.29 is 23.1 Å². The van der Waals surface area contributed by atoms with Gasteiger partial charge >= 0.3 is 12.2 Å². The summed E-state index contributed by atoms with van der Waals surface area (Å²) in [7, 11) is 0. The van der Waals surface area contributed by atoms with E-state index in [1.54, 1.807) is 4.90 Å². The number of nitrogens with zero attached hydrogens (tertiary/aromatic N) is 2. The number of rotatable bonds is 4. The van der Waals surface area contributed by atoms with Gasteiger partial charge < -0.3 is 15.3 Å². The number of alkyl halides is 3. The Kier molecular flexibility index (Phi) is 5.04. The van der Waals surface area contributed by atoms with Crippen molar-refractivity contribution in [3.05, 3.63) is 16.1 Å². The molecule has 9 heteroatoms. The second-order valence-electron chi connectivity index (χ2n) is 4.78. The van der Waals surface area contributed by atoms with E-state index in [9.17, 15) is 18.0 Å². The van der Waals surface area contributed by atoms with E-state index in [0.717, 1.165) is 29.6 Å². The molecule has 2 amide bonds. The van der Waals surface area contributed by atoms with Gasteiger partial charge in [0.25, 0.3) is 0 Å². The summed E-state index contributed by atoms with van der Waals surface area (Å²) in [5.74, 6) is 0. The largest absolute Gasteiger partial charge is 0.434 e. The molecule has 2 rings (SSSR count). The van der Waals surface area contributed by atoms with Crippen molar-refractivity contribution in [2.24, 2.45) is 0 Å². The molecule has 2 N–H and O–H groups in total. The van der Waals surface area contributed by atoms with Gasteiger partial charge in [-0.05, 0) is 12.8 Å². The molecule has 5 nitrogen and oxygen atoms in total. The Bertz CT molecular complexity index is 492. The van der Waals surface area contributed by atoms with Gasteiger partial charge in [-0.25, -0.2) is 9.78 Å². The van der Waals surface area contributed by atoms with Crippen LogP contribution in [0.3, 0.4) is 0 Å². The van der Waals surface area contributed by atoms with Crippen molar-refractivity contribution in [3.8, 4) is 0 Å². The fraction of sp³-hybridized carbons (Fsp3) is 0.667. The van der Waals surface area contributed by atoms with E-state index < -0.39 is 11.9 Å². The van der Waals surface area contributed by atoms with E-state index in [1.165, 1.54) is 0 Å². The Morgan fingerprint density at radius 3 is 2.95 bits per heavy atom. The Morgan fingerprint density at radius 1 is 1.57 bits per heavy atom. The molecular weight excluding hydrogens is 307 g/mol. The minimum atomic E-state index is -4.43. The Balaban J connectivity index is 1.79. The highest BCUT2D eigenvalue weighted by Crippen LogP contribution is 2.30. The van der Waals surface area contributed by atoms with Crippen molar-refractivity contribution in [2.75, 3.05) is 19.7 Å². The number of amides is 2. The lowest BCUT2D eigenvalue weighted by Crippen LogP contribution is -2.44. The standard InChI is InChI=1S/C12H16F3N3O2S/c13-12(14,15)9-7-21-10(17-9)3-4-16-11(20)18-5-1-2-8(18)6-19/h7-8,19H,1-6H2,(H,16,20)/t8-/m0/s1.